The lowest BCUT2D eigenvalue weighted by Crippen LogP contribution is -2.20. The van der Waals surface area contributed by atoms with Crippen LogP contribution in [0.15, 0.2) is 59.4 Å². The van der Waals surface area contributed by atoms with Crippen molar-refractivity contribution in [3.8, 4) is 0 Å². The molecule has 29 heavy (non-hydrogen) atoms. The van der Waals surface area contributed by atoms with E-state index < -0.39 is 0 Å². The van der Waals surface area contributed by atoms with Crippen LogP contribution in [0.25, 0.3) is 26.7 Å². The summed E-state index contributed by atoms with van der Waals surface area (Å²) in [6, 6.07) is 15.7. The predicted molar refractivity (Wildman–Crippen MR) is 119 cm³/mol. The molecule has 0 saturated carbocycles. The van der Waals surface area contributed by atoms with E-state index in [1.54, 1.807) is 6.21 Å². The van der Waals surface area contributed by atoms with Crippen molar-refractivity contribution in [1.82, 2.24) is 14.6 Å². The predicted octanol–water partition coefficient (Wildman–Crippen LogP) is 5.04. The van der Waals surface area contributed by atoms with Crippen molar-refractivity contribution in [2.24, 2.45) is 12.1 Å². The fourth-order valence-corrected chi connectivity index (χ4v) is 4.79. The Hall–Kier alpha value is -3.16. The fourth-order valence-electron chi connectivity index (χ4n) is 3.51. The van der Waals surface area contributed by atoms with Crippen LogP contribution in [-0.2, 0) is 7.05 Å². The molecule has 0 unspecified atom stereocenters. The van der Waals surface area contributed by atoms with Gasteiger partial charge in [0.05, 0.1) is 22.0 Å². The average molecular weight is 422 g/mol. The van der Waals surface area contributed by atoms with E-state index in [4.69, 9.17) is 17.0 Å². The molecule has 0 fully saturated rings. The summed E-state index contributed by atoms with van der Waals surface area (Å²) in [5.41, 5.74) is 3.06. The van der Waals surface area contributed by atoms with Crippen LogP contribution in [0.2, 0.25) is 5.15 Å². The monoisotopic (exact) mass is 421 g/mol. The van der Waals surface area contributed by atoms with Crippen LogP contribution in [0, 0.1) is 5.41 Å². The van der Waals surface area contributed by atoms with Gasteiger partial charge >= 0.3 is 0 Å². The Morgan fingerprint density at radius 1 is 1.21 bits per heavy atom. The van der Waals surface area contributed by atoms with Crippen molar-refractivity contribution < 1.29 is 5.11 Å². The van der Waals surface area contributed by atoms with Gasteiger partial charge in [0.15, 0.2) is 5.84 Å². The first-order valence-electron chi connectivity index (χ1n) is 8.96. The number of fused-ring (bicyclic) bond motifs is 2. The SMILES string of the molecule is Cn1c(Cl)c(C=NN2CC(O)=C(c3nc4ccccc4s3)C2=N)c2ccccc21. The highest BCUT2D eigenvalue weighted by Crippen LogP contribution is 2.33. The van der Waals surface area contributed by atoms with Crippen LogP contribution in [0.4, 0.5) is 0 Å². The molecule has 0 bridgehead atoms. The number of nitrogens with one attached hydrogen (secondary N) is 1. The number of para-hydroxylation sites is 2. The number of aliphatic hydroxyl groups is 1. The third-order valence-electron chi connectivity index (χ3n) is 4.99. The summed E-state index contributed by atoms with van der Waals surface area (Å²) in [5, 5.41) is 27.1. The number of hydrazone groups is 1. The molecule has 2 aromatic heterocycles. The van der Waals surface area contributed by atoms with Gasteiger partial charge in [0.1, 0.15) is 22.5 Å². The lowest BCUT2D eigenvalue weighted by atomic mass is 10.2. The number of hydrogen-bond acceptors (Lipinski definition) is 5. The largest absolute Gasteiger partial charge is 0.509 e. The number of hydrogen-bond donors (Lipinski definition) is 2. The van der Waals surface area contributed by atoms with E-state index in [0.29, 0.717) is 15.7 Å². The van der Waals surface area contributed by atoms with E-state index in [0.717, 1.165) is 26.7 Å². The summed E-state index contributed by atoms with van der Waals surface area (Å²) in [6.45, 7) is 0.128. The second-order valence-electron chi connectivity index (χ2n) is 6.74. The van der Waals surface area contributed by atoms with Crippen LogP contribution in [0.3, 0.4) is 0 Å². The molecule has 1 aliphatic heterocycles. The standard InChI is InChI=1S/C21H16ClN5OS/c1-26-15-8-4-2-6-12(15)13(19(26)22)10-24-27-11-16(28)18(20(27)23)21-25-14-7-3-5-9-17(14)29-21/h2-10,23,28H,11H2,1H3. The van der Waals surface area contributed by atoms with Gasteiger partial charge in [-0.3, -0.25) is 5.41 Å². The van der Waals surface area contributed by atoms with Crippen LogP contribution < -0.4 is 0 Å². The molecule has 0 radical (unpaired) electrons. The second-order valence-corrected chi connectivity index (χ2v) is 8.13. The molecule has 2 N–H and O–H groups in total. The highest BCUT2D eigenvalue weighted by Gasteiger charge is 2.30. The Morgan fingerprint density at radius 2 is 1.97 bits per heavy atom. The van der Waals surface area contributed by atoms with E-state index >= 15 is 0 Å². The summed E-state index contributed by atoms with van der Waals surface area (Å²) in [6.07, 6.45) is 1.65. The molecule has 4 aromatic rings. The number of thiazole rings is 1. The minimum atomic E-state index is 0.0928. The Morgan fingerprint density at radius 3 is 2.79 bits per heavy atom. The molecule has 5 rings (SSSR count). The van der Waals surface area contributed by atoms with Crippen LogP contribution >= 0.6 is 22.9 Å². The zero-order valence-electron chi connectivity index (χ0n) is 15.4. The summed E-state index contributed by atoms with van der Waals surface area (Å²) in [5.74, 6) is 0.212. The molecule has 8 heteroatoms. The molecule has 0 aliphatic carbocycles. The number of nitrogens with zero attached hydrogens (tertiary/aromatic N) is 4. The zero-order valence-corrected chi connectivity index (χ0v) is 17.0. The van der Waals surface area contributed by atoms with Gasteiger partial charge in [-0.05, 0) is 18.2 Å². The highest BCUT2D eigenvalue weighted by molar-refractivity contribution is 7.19. The molecule has 3 heterocycles. The van der Waals surface area contributed by atoms with Crippen molar-refractivity contribution >= 4 is 61.7 Å². The van der Waals surface area contributed by atoms with Gasteiger partial charge in [0.25, 0.3) is 0 Å². The van der Waals surface area contributed by atoms with Crippen molar-refractivity contribution in [2.75, 3.05) is 6.54 Å². The fraction of sp³-hybridized carbons (Fsp3) is 0.0952. The van der Waals surface area contributed by atoms with Crippen molar-refractivity contribution in [3.63, 3.8) is 0 Å². The van der Waals surface area contributed by atoms with Gasteiger partial charge in [-0.2, -0.15) is 5.10 Å². The lowest BCUT2D eigenvalue weighted by molar-refractivity contribution is 0.358. The molecular formula is C21H16ClN5OS. The average Bonchev–Trinajstić information content (AvgIpc) is 3.34. The smallest absolute Gasteiger partial charge is 0.155 e. The van der Waals surface area contributed by atoms with E-state index in [1.165, 1.54) is 16.3 Å². The maximum atomic E-state index is 10.5. The van der Waals surface area contributed by atoms with Crippen LogP contribution in [-0.4, -0.2) is 38.3 Å². The van der Waals surface area contributed by atoms with Gasteiger partial charge in [-0.25, -0.2) is 9.99 Å². The Balaban J connectivity index is 1.47. The number of amidine groups is 1. The first kappa shape index (κ1) is 17.9. The van der Waals surface area contributed by atoms with E-state index in [-0.39, 0.29) is 18.1 Å². The molecule has 0 amide bonds. The Kier molecular flexibility index (Phi) is 4.15. The first-order valence-corrected chi connectivity index (χ1v) is 10.2. The number of aromatic nitrogens is 2. The highest BCUT2D eigenvalue weighted by atomic mass is 35.5. The minimum absolute atomic E-state index is 0.0928. The molecule has 0 spiro atoms. The van der Waals surface area contributed by atoms with Gasteiger partial charge < -0.3 is 9.67 Å². The topological polar surface area (TPSA) is 77.5 Å². The molecule has 1 aliphatic rings. The van der Waals surface area contributed by atoms with Crippen LogP contribution in [0.1, 0.15) is 10.6 Å². The number of benzene rings is 2. The van der Waals surface area contributed by atoms with Gasteiger partial charge in [-0.1, -0.05) is 41.9 Å². The zero-order chi connectivity index (χ0) is 20.1. The van der Waals surface area contributed by atoms with Gasteiger partial charge in [0.2, 0.25) is 0 Å². The molecular weight excluding hydrogens is 406 g/mol. The molecule has 2 aromatic carbocycles. The van der Waals surface area contributed by atoms with E-state index in [2.05, 4.69) is 10.1 Å². The summed E-state index contributed by atoms with van der Waals surface area (Å²) in [4.78, 5) is 4.56. The van der Waals surface area contributed by atoms with Crippen molar-refractivity contribution in [2.45, 2.75) is 0 Å². The summed E-state index contributed by atoms with van der Waals surface area (Å²) in [7, 11) is 1.90. The Labute approximate surface area is 175 Å². The molecule has 144 valence electrons. The second kappa shape index (κ2) is 6.72. The van der Waals surface area contributed by atoms with Gasteiger partial charge in [-0.15, -0.1) is 11.3 Å². The molecule has 6 nitrogen and oxygen atoms in total. The third kappa shape index (κ3) is 2.82. The number of halogens is 1. The summed E-state index contributed by atoms with van der Waals surface area (Å²) >= 11 is 7.94. The number of aliphatic hydroxyl groups excluding tert-OH is 1. The number of rotatable bonds is 3. The third-order valence-corrected chi connectivity index (χ3v) is 6.50. The van der Waals surface area contributed by atoms with Crippen LogP contribution in [0.5, 0.6) is 0 Å². The first-order chi connectivity index (χ1) is 14.0. The lowest BCUT2D eigenvalue weighted by Gasteiger charge is -2.11. The van der Waals surface area contributed by atoms with Crippen molar-refractivity contribution in [3.05, 3.63) is 70.0 Å². The van der Waals surface area contributed by atoms with Gasteiger partial charge in [0, 0.05) is 23.5 Å². The molecule has 0 saturated heterocycles. The quantitative estimate of drug-likeness (QED) is 0.455. The Bertz CT molecular complexity index is 1320. The van der Waals surface area contributed by atoms with E-state index in [1.807, 2.05) is 60.1 Å². The normalized spacial score (nSPS) is 15.0. The maximum absolute atomic E-state index is 10.5. The minimum Gasteiger partial charge on any atom is -0.509 e. The number of aryl methyl sites for hydroxylation is 1. The summed E-state index contributed by atoms with van der Waals surface area (Å²) < 4.78 is 2.91. The maximum Gasteiger partial charge on any atom is 0.155 e. The van der Waals surface area contributed by atoms with Crippen molar-refractivity contribution in [1.29, 1.82) is 5.41 Å². The van der Waals surface area contributed by atoms with E-state index in [9.17, 15) is 5.11 Å². The molecule has 0 atom stereocenters.